The second-order valence-electron chi connectivity index (χ2n) is 5.49. The molecule has 0 fully saturated rings. The summed E-state index contributed by atoms with van der Waals surface area (Å²) >= 11 is 1.29. The second-order valence-corrected chi connectivity index (χ2v) is 6.47. The van der Waals surface area contributed by atoms with Crippen molar-refractivity contribution in [2.45, 2.75) is 26.8 Å². The molecule has 8 heteroatoms. The summed E-state index contributed by atoms with van der Waals surface area (Å²) in [6, 6.07) is 8.60. The predicted molar refractivity (Wildman–Crippen MR) is 94.8 cm³/mol. The minimum atomic E-state index is -0.652. The maximum Gasteiger partial charge on any atom is 0.315 e. The van der Waals surface area contributed by atoms with Gasteiger partial charge in [-0.2, -0.15) is 0 Å². The van der Waals surface area contributed by atoms with Crippen LogP contribution < -0.4 is 16.0 Å². The van der Waals surface area contributed by atoms with Crippen LogP contribution in [0.4, 0.5) is 9.93 Å². The van der Waals surface area contributed by atoms with E-state index in [9.17, 15) is 9.59 Å². The Hall–Kier alpha value is -2.48. The van der Waals surface area contributed by atoms with E-state index in [4.69, 9.17) is 0 Å². The number of urea groups is 1. The number of rotatable bonds is 6. The Morgan fingerprint density at radius 1 is 1.17 bits per heavy atom. The maximum atomic E-state index is 12.4. The van der Waals surface area contributed by atoms with Crippen LogP contribution in [0.15, 0.2) is 30.3 Å². The first kappa shape index (κ1) is 17.9. The van der Waals surface area contributed by atoms with E-state index in [1.54, 1.807) is 0 Å². The normalized spacial score (nSPS) is 11.8. The molecule has 1 heterocycles. The minimum absolute atomic E-state index is 0.0610. The molecular weight excluding hydrogens is 326 g/mol. The van der Waals surface area contributed by atoms with Crippen LogP contribution in [0, 0.1) is 5.92 Å². The fraction of sp³-hybridized carbons (Fsp3) is 0.375. The van der Waals surface area contributed by atoms with Gasteiger partial charge >= 0.3 is 6.03 Å². The summed E-state index contributed by atoms with van der Waals surface area (Å²) in [6.45, 7) is 6.05. The highest BCUT2D eigenvalue weighted by molar-refractivity contribution is 7.18. The Morgan fingerprint density at radius 3 is 2.50 bits per heavy atom. The Bertz CT molecular complexity index is 687. The molecule has 24 heavy (non-hydrogen) atoms. The molecule has 0 bridgehead atoms. The molecule has 0 radical (unpaired) electrons. The van der Waals surface area contributed by atoms with Gasteiger partial charge in [-0.3, -0.25) is 10.1 Å². The molecule has 0 unspecified atom stereocenters. The molecule has 0 aliphatic heterocycles. The van der Waals surface area contributed by atoms with Crippen LogP contribution in [0.25, 0.3) is 10.6 Å². The van der Waals surface area contributed by atoms with Gasteiger partial charge in [0.15, 0.2) is 0 Å². The van der Waals surface area contributed by atoms with Gasteiger partial charge in [-0.15, -0.1) is 10.2 Å². The van der Waals surface area contributed by atoms with Gasteiger partial charge in [-0.1, -0.05) is 55.5 Å². The average molecular weight is 347 g/mol. The van der Waals surface area contributed by atoms with Crippen LogP contribution in [0.3, 0.4) is 0 Å². The van der Waals surface area contributed by atoms with Crippen molar-refractivity contribution in [2.24, 2.45) is 5.92 Å². The van der Waals surface area contributed by atoms with Crippen molar-refractivity contribution in [1.82, 2.24) is 20.8 Å². The largest absolute Gasteiger partial charge is 0.338 e. The molecule has 1 aromatic heterocycles. The van der Waals surface area contributed by atoms with Gasteiger partial charge in [0.25, 0.3) is 0 Å². The predicted octanol–water partition coefficient (Wildman–Crippen LogP) is 2.49. The van der Waals surface area contributed by atoms with E-state index < -0.39 is 6.04 Å². The molecular formula is C16H21N5O2S. The molecule has 0 saturated carbocycles. The van der Waals surface area contributed by atoms with Crippen LogP contribution in [0.1, 0.15) is 20.8 Å². The molecule has 3 N–H and O–H groups in total. The quantitative estimate of drug-likeness (QED) is 0.748. The van der Waals surface area contributed by atoms with E-state index in [0.29, 0.717) is 11.7 Å². The zero-order valence-electron chi connectivity index (χ0n) is 13.9. The van der Waals surface area contributed by atoms with Crippen molar-refractivity contribution in [3.63, 3.8) is 0 Å². The average Bonchev–Trinajstić information content (AvgIpc) is 3.02. The number of amides is 3. The highest BCUT2D eigenvalue weighted by Gasteiger charge is 2.25. The lowest BCUT2D eigenvalue weighted by Crippen LogP contribution is -2.50. The molecule has 2 aromatic rings. The zero-order valence-corrected chi connectivity index (χ0v) is 14.7. The standard InChI is InChI=1S/C16H21N5O2S/c1-4-17-15(23)18-12(10(2)3)13(22)19-16-21-20-14(24-16)11-8-6-5-7-9-11/h5-10,12H,4H2,1-3H3,(H2,17,18,23)(H,19,21,22)/t12-/m0/s1. The molecule has 7 nitrogen and oxygen atoms in total. The fourth-order valence-corrected chi connectivity index (χ4v) is 2.79. The lowest BCUT2D eigenvalue weighted by molar-refractivity contribution is -0.118. The third-order valence-corrected chi connectivity index (χ3v) is 4.14. The molecule has 0 aliphatic rings. The first-order valence-corrected chi connectivity index (χ1v) is 8.57. The van der Waals surface area contributed by atoms with Gasteiger partial charge in [0.05, 0.1) is 0 Å². The third kappa shape index (κ3) is 4.76. The zero-order chi connectivity index (χ0) is 17.5. The first-order chi connectivity index (χ1) is 11.5. The van der Waals surface area contributed by atoms with Crippen molar-refractivity contribution in [2.75, 3.05) is 11.9 Å². The van der Waals surface area contributed by atoms with Crippen molar-refractivity contribution >= 4 is 28.4 Å². The highest BCUT2D eigenvalue weighted by atomic mass is 32.1. The summed E-state index contributed by atoms with van der Waals surface area (Å²) in [5.41, 5.74) is 0.941. The van der Waals surface area contributed by atoms with E-state index in [-0.39, 0.29) is 17.9 Å². The Labute approximate surface area is 144 Å². The molecule has 0 saturated heterocycles. The van der Waals surface area contributed by atoms with Crippen LogP contribution in [0.5, 0.6) is 0 Å². The third-order valence-electron chi connectivity index (χ3n) is 3.25. The number of nitrogens with zero attached hydrogens (tertiary/aromatic N) is 2. The van der Waals surface area contributed by atoms with Crippen LogP contribution in [-0.2, 0) is 4.79 Å². The number of hydrogen-bond donors (Lipinski definition) is 3. The van der Waals surface area contributed by atoms with Crippen molar-refractivity contribution < 1.29 is 9.59 Å². The van der Waals surface area contributed by atoms with Crippen LogP contribution >= 0.6 is 11.3 Å². The summed E-state index contributed by atoms with van der Waals surface area (Å²) < 4.78 is 0. The first-order valence-electron chi connectivity index (χ1n) is 7.75. The molecule has 1 aromatic carbocycles. The van der Waals surface area contributed by atoms with Crippen molar-refractivity contribution in [3.8, 4) is 10.6 Å². The number of carbonyl (C=O) groups is 2. The van der Waals surface area contributed by atoms with Gasteiger partial charge in [-0.25, -0.2) is 4.79 Å². The second kappa shape index (κ2) is 8.39. The van der Waals surface area contributed by atoms with Crippen LogP contribution in [0.2, 0.25) is 0 Å². The van der Waals surface area contributed by atoms with E-state index in [2.05, 4.69) is 26.1 Å². The summed E-state index contributed by atoms with van der Waals surface area (Å²) in [4.78, 5) is 24.1. The molecule has 0 spiro atoms. The highest BCUT2D eigenvalue weighted by Crippen LogP contribution is 2.26. The molecule has 3 amide bonds. The minimum Gasteiger partial charge on any atom is -0.338 e. The SMILES string of the molecule is CCNC(=O)N[C@H](C(=O)Nc1nnc(-c2ccccc2)s1)C(C)C. The monoisotopic (exact) mass is 347 g/mol. The van der Waals surface area contributed by atoms with E-state index in [0.717, 1.165) is 10.6 Å². The summed E-state index contributed by atoms with van der Waals surface area (Å²) in [5, 5.41) is 17.2. The van der Waals surface area contributed by atoms with Gasteiger partial charge in [0.1, 0.15) is 11.0 Å². The van der Waals surface area contributed by atoms with Crippen LogP contribution in [-0.4, -0.2) is 34.7 Å². The summed E-state index contributed by atoms with van der Waals surface area (Å²) in [6.07, 6.45) is 0. The number of anilines is 1. The Kier molecular flexibility index (Phi) is 6.25. The van der Waals surface area contributed by atoms with Gasteiger partial charge in [0.2, 0.25) is 11.0 Å². The lowest BCUT2D eigenvalue weighted by Gasteiger charge is -2.20. The van der Waals surface area contributed by atoms with Gasteiger partial charge in [-0.05, 0) is 12.8 Å². The molecule has 128 valence electrons. The van der Waals surface area contributed by atoms with E-state index in [1.165, 1.54) is 11.3 Å². The summed E-state index contributed by atoms with van der Waals surface area (Å²) in [5.74, 6) is -0.374. The maximum absolute atomic E-state index is 12.4. The number of nitrogens with one attached hydrogen (secondary N) is 3. The van der Waals surface area contributed by atoms with E-state index in [1.807, 2.05) is 51.1 Å². The number of carbonyl (C=O) groups excluding carboxylic acids is 2. The Balaban J connectivity index is 2.04. The Morgan fingerprint density at radius 2 is 1.88 bits per heavy atom. The fourth-order valence-electron chi connectivity index (χ4n) is 2.04. The van der Waals surface area contributed by atoms with E-state index >= 15 is 0 Å². The lowest BCUT2D eigenvalue weighted by atomic mass is 10.0. The molecule has 1 atom stereocenters. The molecule has 0 aliphatic carbocycles. The smallest absolute Gasteiger partial charge is 0.315 e. The van der Waals surface area contributed by atoms with Crippen molar-refractivity contribution in [3.05, 3.63) is 30.3 Å². The summed E-state index contributed by atoms with van der Waals surface area (Å²) in [7, 11) is 0. The topological polar surface area (TPSA) is 96.0 Å². The number of benzene rings is 1. The van der Waals surface area contributed by atoms with Gasteiger partial charge < -0.3 is 10.6 Å². The van der Waals surface area contributed by atoms with Gasteiger partial charge in [0, 0.05) is 12.1 Å². The number of aromatic nitrogens is 2. The molecule has 2 rings (SSSR count). The van der Waals surface area contributed by atoms with Crippen molar-refractivity contribution in [1.29, 1.82) is 0 Å². The number of hydrogen-bond acceptors (Lipinski definition) is 5.